The molecule has 0 spiro atoms. The molecule has 0 radical (unpaired) electrons. The molecule has 0 atom stereocenters. The van der Waals surface area contributed by atoms with E-state index >= 15 is 0 Å². The first-order valence-corrected chi connectivity index (χ1v) is 6.85. The molecule has 0 aliphatic rings. The van der Waals surface area contributed by atoms with Crippen LogP contribution in [0.5, 0.6) is 0 Å². The van der Waals surface area contributed by atoms with Gasteiger partial charge in [-0.15, -0.1) is 5.10 Å². The normalized spacial score (nSPS) is 10.2. The van der Waals surface area contributed by atoms with Crippen LogP contribution in [0.4, 0.5) is 5.69 Å². The summed E-state index contributed by atoms with van der Waals surface area (Å²) in [6, 6.07) is 6.26. The van der Waals surface area contributed by atoms with E-state index < -0.39 is 5.97 Å². The molecule has 0 aliphatic heterocycles. The second kappa shape index (κ2) is 6.25. The van der Waals surface area contributed by atoms with Gasteiger partial charge in [0.1, 0.15) is 4.88 Å². The zero-order chi connectivity index (χ0) is 14.5. The molecule has 0 unspecified atom stereocenters. The number of rotatable bonds is 5. The summed E-state index contributed by atoms with van der Waals surface area (Å²) in [5, 5.41) is 15.6. The number of amides is 1. The van der Waals surface area contributed by atoms with Crippen LogP contribution in [0.1, 0.15) is 39.1 Å². The van der Waals surface area contributed by atoms with Crippen molar-refractivity contribution in [1.29, 1.82) is 0 Å². The van der Waals surface area contributed by atoms with Crippen molar-refractivity contribution in [3.8, 4) is 0 Å². The Hall–Kier alpha value is -2.28. The van der Waals surface area contributed by atoms with Crippen LogP contribution in [0.2, 0.25) is 0 Å². The summed E-state index contributed by atoms with van der Waals surface area (Å²) in [4.78, 5) is 23.7. The van der Waals surface area contributed by atoms with Gasteiger partial charge in [0.05, 0.1) is 16.9 Å². The summed E-state index contributed by atoms with van der Waals surface area (Å²) >= 11 is 1.01. The molecule has 1 heterocycles. The Balaban J connectivity index is 2.24. The third-order valence-corrected chi connectivity index (χ3v) is 3.42. The molecule has 6 nitrogen and oxygen atoms in total. The van der Waals surface area contributed by atoms with Gasteiger partial charge < -0.3 is 10.4 Å². The average molecular weight is 291 g/mol. The largest absolute Gasteiger partial charge is 0.478 e. The quantitative estimate of drug-likeness (QED) is 0.882. The minimum atomic E-state index is -1.09. The number of carbonyl (C=O) groups excluding carboxylic acids is 1. The number of hydrogen-bond acceptors (Lipinski definition) is 5. The van der Waals surface area contributed by atoms with Gasteiger partial charge in [0.25, 0.3) is 5.91 Å². The van der Waals surface area contributed by atoms with Crippen LogP contribution >= 0.6 is 11.5 Å². The standard InChI is InChI=1S/C13H13N3O3S/c1-2-5-10-11(20-16-15-10)12(17)14-9-7-4-3-6-8(9)13(18)19/h3-4,6-7H,2,5H2,1H3,(H,14,17)(H,18,19). The van der Waals surface area contributed by atoms with Gasteiger partial charge in [-0.3, -0.25) is 4.79 Å². The lowest BCUT2D eigenvalue weighted by molar-refractivity contribution is 0.0698. The first kappa shape index (κ1) is 14.1. The van der Waals surface area contributed by atoms with Crippen LogP contribution in [0.3, 0.4) is 0 Å². The Labute approximate surface area is 119 Å². The van der Waals surface area contributed by atoms with Crippen LogP contribution in [0, 0.1) is 0 Å². The minimum absolute atomic E-state index is 0.0513. The van der Waals surface area contributed by atoms with Crippen LogP contribution in [0.15, 0.2) is 24.3 Å². The highest BCUT2D eigenvalue weighted by Crippen LogP contribution is 2.19. The van der Waals surface area contributed by atoms with E-state index in [1.807, 2.05) is 6.92 Å². The van der Waals surface area contributed by atoms with Crippen molar-refractivity contribution in [3.05, 3.63) is 40.4 Å². The van der Waals surface area contributed by atoms with E-state index in [0.29, 0.717) is 17.0 Å². The maximum Gasteiger partial charge on any atom is 0.337 e. The SMILES string of the molecule is CCCc1nnsc1C(=O)Nc1ccccc1C(=O)O. The number of carboxylic acid groups (broad SMARTS) is 1. The molecule has 2 rings (SSSR count). The molecule has 0 bridgehead atoms. The second-order valence-corrected chi connectivity index (χ2v) is 4.86. The van der Waals surface area contributed by atoms with E-state index in [1.54, 1.807) is 18.2 Å². The molecule has 0 saturated carbocycles. The number of aromatic nitrogens is 2. The van der Waals surface area contributed by atoms with Crippen molar-refractivity contribution in [2.45, 2.75) is 19.8 Å². The van der Waals surface area contributed by atoms with E-state index in [-0.39, 0.29) is 17.2 Å². The smallest absolute Gasteiger partial charge is 0.337 e. The topological polar surface area (TPSA) is 92.2 Å². The first-order valence-electron chi connectivity index (χ1n) is 6.08. The third kappa shape index (κ3) is 3.00. The van der Waals surface area contributed by atoms with Crippen molar-refractivity contribution < 1.29 is 14.7 Å². The van der Waals surface area contributed by atoms with Crippen molar-refractivity contribution in [2.24, 2.45) is 0 Å². The number of nitrogens with one attached hydrogen (secondary N) is 1. The number of para-hydroxylation sites is 1. The van der Waals surface area contributed by atoms with Gasteiger partial charge in [0.2, 0.25) is 0 Å². The number of carboxylic acids is 1. The summed E-state index contributed by atoms with van der Waals surface area (Å²) in [6.07, 6.45) is 1.53. The molecular weight excluding hydrogens is 278 g/mol. The molecule has 20 heavy (non-hydrogen) atoms. The fourth-order valence-electron chi connectivity index (χ4n) is 1.74. The molecule has 2 N–H and O–H groups in total. The maximum absolute atomic E-state index is 12.2. The number of anilines is 1. The van der Waals surface area contributed by atoms with E-state index in [1.165, 1.54) is 6.07 Å². The number of aryl methyl sites for hydroxylation is 1. The van der Waals surface area contributed by atoms with Crippen molar-refractivity contribution in [1.82, 2.24) is 9.59 Å². The predicted molar refractivity (Wildman–Crippen MR) is 75.3 cm³/mol. The fourth-order valence-corrected chi connectivity index (χ4v) is 2.34. The number of benzene rings is 1. The number of hydrogen-bond donors (Lipinski definition) is 2. The van der Waals surface area contributed by atoms with Crippen molar-refractivity contribution in [3.63, 3.8) is 0 Å². The zero-order valence-corrected chi connectivity index (χ0v) is 11.6. The highest BCUT2D eigenvalue weighted by atomic mass is 32.1. The number of nitrogens with zero attached hydrogens (tertiary/aromatic N) is 2. The summed E-state index contributed by atoms with van der Waals surface area (Å²) < 4.78 is 3.78. The molecule has 1 aromatic carbocycles. The molecule has 104 valence electrons. The lowest BCUT2D eigenvalue weighted by Gasteiger charge is -2.07. The molecule has 0 fully saturated rings. The van der Waals surface area contributed by atoms with Gasteiger partial charge >= 0.3 is 5.97 Å². The molecule has 1 aromatic heterocycles. The van der Waals surface area contributed by atoms with Gasteiger partial charge in [-0.1, -0.05) is 30.0 Å². The van der Waals surface area contributed by atoms with Crippen molar-refractivity contribution >= 4 is 29.1 Å². The van der Waals surface area contributed by atoms with Gasteiger partial charge in [0, 0.05) is 0 Å². The van der Waals surface area contributed by atoms with Crippen LogP contribution in [-0.2, 0) is 6.42 Å². The first-order chi connectivity index (χ1) is 9.63. The van der Waals surface area contributed by atoms with Gasteiger partial charge in [-0.05, 0) is 30.1 Å². The zero-order valence-electron chi connectivity index (χ0n) is 10.8. The molecule has 0 aliphatic carbocycles. The Kier molecular flexibility index (Phi) is 4.41. The second-order valence-electron chi connectivity index (χ2n) is 4.10. The molecular formula is C13H13N3O3S. The molecule has 7 heteroatoms. The van der Waals surface area contributed by atoms with Crippen LogP contribution in [-0.4, -0.2) is 26.6 Å². The Bertz CT molecular complexity index is 639. The van der Waals surface area contributed by atoms with Gasteiger partial charge in [-0.25, -0.2) is 4.79 Å². The number of aromatic carboxylic acids is 1. The molecule has 1 amide bonds. The summed E-state index contributed by atoms with van der Waals surface area (Å²) in [7, 11) is 0. The van der Waals surface area contributed by atoms with Crippen molar-refractivity contribution in [2.75, 3.05) is 5.32 Å². The molecule has 0 saturated heterocycles. The summed E-state index contributed by atoms with van der Waals surface area (Å²) in [6.45, 7) is 1.99. The van der Waals surface area contributed by atoms with E-state index in [9.17, 15) is 9.59 Å². The Morgan fingerprint density at radius 1 is 1.35 bits per heavy atom. The minimum Gasteiger partial charge on any atom is -0.478 e. The Morgan fingerprint density at radius 3 is 2.80 bits per heavy atom. The third-order valence-electron chi connectivity index (χ3n) is 2.65. The summed E-state index contributed by atoms with van der Waals surface area (Å²) in [5.74, 6) is -1.46. The fraction of sp³-hybridized carbons (Fsp3) is 0.231. The highest BCUT2D eigenvalue weighted by molar-refractivity contribution is 7.08. The van der Waals surface area contributed by atoms with E-state index in [0.717, 1.165) is 18.0 Å². The molecule has 2 aromatic rings. The van der Waals surface area contributed by atoms with Gasteiger partial charge in [-0.2, -0.15) is 0 Å². The van der Waals surface area contributed by atoms with E-state index in [4.69, 9.17) is 5.11 Å². The lowest BCUT2D eigenvalue weighted by atomic mass is 10.1. The number of carbonyl (C=O) groups is 2. The Morgan fingerprint density at radius 2 is 2.10 bits per heavy atom. The summed E-state index contributed by atoms with van der Waals surface area (Å²) in [5.41, 5.74) is 0.957. The maximum atomic E-state index is 12.2. The van der Waals surface area contributed by atoms with Gasteiger partial charge in [0.15, 0.2) is 0 Å². The average Bonchev–Trinajstić information content (AvgIpc) is 2.88. The highest BCUT2D eigenvalue weighted by Gasteiger charge is 2.18. The van der Waals surface area contributed by atoms with Crippen LogP contribution in [0.25, 0.3) is 0 Å². The lowest BCUT2D eigenvalue weighted by Crippen LogP contribution is -2.15. The predicted octanol–water partition coefficient (Wildman–Crippen LogP) is 2.44. The van der Waals surface area contributed by atoms with E-state index in [2.05, 4.69) is 14.9 Å². The monoisotopic (exact) mass is 291 g/mol. The van der Waals surface area contributed by atoms with Crippen LogP contribution < -0.4 is 5.32 Å².